The first-order chi connectivity index (χ1) is 2.00. The Bertz CT molecular complexity index is 31.5. The van der Waals surface area contributed by atoms with Crippen LogP contribution >= 0.6 is 0 Å². The van der Waals surface area contributed by atoms with Gasteiger partial charge in [0.05, 0.1) is 0 Å². The molecule has 0 aliphatic rings. The van der Waals surface area contributed by atoms with Gasteiger partial charge in [0.15, 0.2) is 0 Å². The molecule has 0 heterocycles. The van der Waals surface area contributed by atoms with E-state index >= 15 is 0 Å². The smallest absolute Gasteiger partial charge is 0.894 e. The van der Waals surface area contributed by atoms with Gasteiger partial charge in [-0.3, -0.25) is 0 Å². The average molecular weight is 306 g/mol. The van der Waals surface area contributed by atoms with E-state index in [0.717, 1.165) is 0 Å². The van der Waals surface area contributed by atoms with Gasteiger partial charge in [-0.2, -0.15) is 0 Å². The molecule has 8 heavy (non-hydrogen) atoms. The van der Waals surface area contributed by atoms with Gasteiger partial charge in [-0.1, -0.05) is 0 Å². The SMILES string of the molecule is [Ba+2].[Ga+3].[Li+].[O-][Si]([O-])([O-])[O-]. The summed E-state index contributed by atoms with van der Waals surface area (Å²) >= 11 is 0. The Morgan fingerprint density at radius 2 is 0.875 bits per heavy atom. The van der Waals surface area contributed by atoms with Gasteiger partial charge in [0.25, 0.3) is 0 Å². The summed E-state index contributed by atoms with van der Waals surface area (Å²) in [5.41, 5.74) is 0. The zero-order valence-corrected chi connectivity index (χ0v) is 12.3. The molecule has 0 spiro atoms. The Labute approximate surface area is 113 Å². The van der Waals surface area contributed by atoms with Gasteiger partial charge in [-0.05, 0) is 0 Å². The third-order valence-electron chi connectivity index (χ3n) is 0. The number of hydrogen-bond donors (Lipinski definition) is 0. The molecule has 0 aliphatic heterocycles. The fourth-order valence-corrected chi connectivity index (χ4v) is 0. The second kappa shape index (κ2) is 9.86. The fraction of sp³-hybridized carbons (Fsp3) is 0. The summed E-state index contributed by atoms with van der Waals surface area (Å²) in [4.78, 5) is 34.3. The van der Waals surface area contributed by atoms with Crippen molar-refractivity contribution in [3.8, 4) is 0 Å². The third kappa shape index (κ3) is 66.9. The average Bonchev–Trinajstić information content (AvgIpc) is 0.722. The Balaban J connectivity index is -0.0000000267. The van der Waals surface area contributed by atoms with E-state index in [1.807, 2.05) is 0 Å². The van der Waals surface area contributed by atoms with E-state index in [9.17, 15) is 0 Å². The summed E-state index contributed by atoms with van der Waals surface area (Å²) in [6.07, 6.45) is 0. The van der Waals surface area contributed by atoms with Gasteiger partial charge in [0, 0.05) is 0 Å². The molecule has 0 N–H and O–H groups in total. The van der Waals surface area contributed by atoms with Crippen LogP contribution in [0.15, 0.2) is 0 Å². The molecule has 0 radical (unpaired) electrons. The predicted octanol–water partition coefficient (Wildman–Crippen LogP) is -8.89. The first-order valence-electron chi connectivity index (χ1n) is 0.816. The maximum Gasteiger partial charge on any atom is 3.00 e. The van der Waals surface area contributed by atoms with E-state index in [-0.39, 0.29) is 87.5 Å². The van der Waals surface area contributed by atoms with Crippen molar-refractivity contribution in [3.05, 3.63) is 0 Å². The Morgan fingerprint density at radius 1 is 0.875 bits per heavy atom. The van der Waals surface area contributed by atoms with Crippen molar-refractivity contribution in [3.63, 3.8) is 0 Å². The molecule has 0 rings (SSSR count). The van der Waals surface area contributed by atoms with Crippen molar-refractivity contribution in [1.29, 1.82) is 0 Å². The van der Waals surface area contributed by atoms with Gasteiger partial charge >= 0.3 is 87.5 Å². The molecule has 0 bridgehead atoms. The summed E-state index contributed by atoms with van der Waals surface area (Å²) in [7, 11) is -5.61. The molecule has 32 valence electrons. The van der Waals surface area contributed by atoms with E-state index in [0.29, 0.717) is 0 Å². The fourth-order valence-electron chi connectivity index (χ4n) is 0. The maximum atomic E-state index is 8.58. The van der Waals surface area contributed by atoms with Crippen molar-refractivity contribution >= 4 is 77.7 Å². The molecular weight excluding hydrogens is 306 g/mol. The topological polar surface area (TPSA) is 92.2 Å². The van der Waals surface area contributed by atoms with Crippen LogP contribution in [0.2, 0.25) is 0 Å². The molecule has 8 heteroatoms. The first-order valence-corrected chi connectivity index (χ1v) is 2.45. The first kappa shape index (κ1) is 22.4. The van der Waals surface area contributed by atoms with Crippen LogP contribution < -0.4 is 38.0 Å². The summed E-state index contributed by atoms with van der Waals surface area (Å²) in [6.45, 7) is 0. The number of rotatable bonds is 0. The molecule has 4 nitrogen and oxygen atoms in total. The van der Waals surface area contributed by atoms with Gasteiger partial charge in [-0.15, -0.1) is 0 Å². The molecular formula is BaGaLiO4Si+2. The molecule has 0 aromatic heterocycles. The monoisotopic (exact) mass is 306 g/mol. The Kier molecular flexibility index (Phi) is 27.7. The van der Waals surface area contributed by atoms with Crippen LogP contribution in [0.1, 0.15) is 0 Å². The van der Waals surface area contributed by atoms with E-state index in [4.69, 9.17) is 19.2 Å². The van der Waals surface area contributed by atoms with Gasteiger partial charge in [0.2, 0.25) is 0 Å². The van der Waals surface area contributed by atoms with Crippen LogP contribution in [0.3, 0.4) is 0 Å². The Hall–Kier alpha value is 2.86. The van der Waals surface area contributed by atoms with Gasteiger partial charge in [-0.25, -0.2) is 0 Å². The Morgan fingerprint density at radius 3 is 0.875 bits per heavy atom. The van der Waals surface area contributed by atoms with Crippen molar-refractivity contribution in [2.45, 2.75) is 0 Å². The molecule has 0 saturated heterocycles. The zero-order valence-electron chi connectivity index (χ0n) is 4.42. The normalized spacial score (nSPS) is 7.50. The van der Waals surface area contributed by atoms with E-state index in [1.54, 1.807) is 0 Å². The largest absolute Gasteiger partial charge is 3.00 e. The molecule has 0 fully saturated rings. The van der Waals surface area contributed by atoms with Crippen LogP contribution in [0, 0.1) is 0 Å². The predicted molar refractivity (Wildman–Crippen MR) is 17.3 cm³/mol. The molecule has 0 aliphatic carbocycles. The van der Waals surface area contributed by atoms with E-state index in [2.05, 4.69) is 0 Å². The molecule has 0 aromatic carbocycles. The summed E-state index contributed by atoms with van der Waals surface area (Å²) in [5.74, 6) is 0. The quantitative estimate of drug-likeness (QED) is 0.416. The van der Waals surface area contributed by atoms with E-state index in [1.165, 1.54) is 0 Å². The summed E-state index contributed by atoms with van der Waals surface area (Å²) < 4.78 is 0. The van der Waals surface area contributed by atoms with Crippen LogP contribution in [-0.2, 0) is 0 Å². The maximum absolute atomic E-state index is 8.58. The number of hydrogen-bond acceptors (Lipinski definition) is 4. The van der Waals surface area contributed by atoms with Crippen LogP contribution in [0.5, 0.6) is 0 Å². The second-order valence-electron chi connectivity index (χ2n) is 0.500. The van der Waals surface area contributed by atoms with E-state index < -0.39 is 9.05 Å². The zero-order chi connectivity index (χ0) is 4.50. The van der Waals surface area contributed by atoms with Crippen LogP contribution in [0.4, 0.5) is 0 Å². The summed E-state index contributed by atoms with van der Waals surface area (Å²) in [5, 5.41) is 0. The second-order valence-corrected chi connectivity index (χ2v) is 1.50. The van der Waals surface area contributed by atoms with Gasteiger partial charge in [0.1, 0.15) is 0 Å². The van der Waals surface area contributed by atoms with Crippen molar-refractivity contribution < 1.29 is 38.0 Å². The molecule has 0 aromatic rings. The standard InChI is InChI=1S/Ba.Ga.Li.O4Si/c;;;1-5(2,3)4/q+2;+3;+1;-4. The molecule has 0 saturated carbocycles. The minimum absolute atomic E-state index is 0. The third-order valence-corrected chi connectivity index (χ3v) is 0. The van der Waals surface area contributed by atoms with Crippen molar-refractivity contribution in [1.82, 2.24) is 0 Å². The van der Waals surface area contributed by atoms with Crippen LogP contribution in [0.25, 0.3) is 0 Å². The molecule has 0 unspecified atom stereocenters. The molecule has 0 atom stereocenters. The van der Waals surface area contributed by atoms with Crippen LogP contribution in [-0.4, -0.2) is 77.7 Å². The van der Waals surface area contributed by atoms with Crippen molar-refractivity contribution in [2.75, 3.05) is 0 Å². The van der Waals surface area contributed by atoms with Gasteiger partial charge < -0.3 is 28.2 Å². The minimum Gasteiger partial charge on any atom is -0.894 e. The molecule has 0 amide bonds. The minimum atomic E-state index is -5.61. The van der Waals surface area contributed by atoms with Crippen molar-refractivity contribution in [2.24, 2.45) is 0 Å². The summed E-state index contributed by atoms with van der Waals surface area (Å²) in [6, 6.07) is 0.